The van der Waals surface area contributed by atoms with Crippen LogP contribution in [0.5, 0.6) is 0 Å². The number of piperidine rings is 1. The largest absolute Gasteiger partial charge is 0.389 e. The molecule has 5 nitrogen and oxygen atoms in total. The zero-order valence-corrected chi connectivity index (χ0v) is 21.4. The quantitative estimate of drug-likeness (QED) is 0.308. The van der Waals surface area contributed by atoms with E-state index in [4.69, 9.17) is 0 Å². The minimum absolute atomic E-state index is 0.184. The molecule has 4 aromatic rings. The average molecular weight is 498 g/mol. The number of aromatic amines is 1. The summed E-state index contributed by atoms with van der Waals surface area (Å²) in [7, 11) is 0. The van der Waals surface area contributed by atoms with Gasteiger partial charge in [-0.15, -0.1) is 10.2 Å². The van der Waals surface area contributed by atoms with Gasteiger partial charge in [-0.2, -0.15) is 13.2 Å². The summed E-state index contributed by atoms with van der Waals surface area (Å²) in [6.45, 7) is 10.9. The van der Waals surface area contributed by atoms with Crippen LogP contribution in [0.4, 0.5) is 13.2 Å². The summed E-state index contributed by atoms with van der Waals surface area (Å²) in [6, 6.07) is 8.95. The maximum absolute atomic E-state index is 12.5. The molecule has 1 fully saturated rings. The number of benzene rings is 1. The minimum Gasteiger partial charge on any atom is -0.354 e. The molecular weight excluding hydrogens is 463 g/mol. The molecule has 8 heteroatoms. The maximum Gasteiger partial charge on any atom is 0.389 e. The third-order valence-corrected chi connectivity index (χ3v) is 7.72. The number of aryl methyl sites for hydroxylation is 2. The van der Waals surface area contributed by atoms with E-state index in [1.165, 1.54) is 16.5 Å². The number of hydrogen-bond donors (Lipinski definition) is 1. The third-order valence-electron chi connectivity index (χ3n) is 7.72. The van der Waals surface area contributed by atoms with E-state index in [-0.39, 0.29) is 6.42 Å². The van der Waals surface area contributed by atoms with E-state index in [0.29, 0.717) is 18.4 Å². The molecule has 0 bridgehead atoms. The molecule has 1 aliphatic heterocycles. The lowest BCUT2D eigenvalue weighted by molar-refractivity contribution is -0.136. The summed E-state index contributed by atoms with van der Waals surface area (Å²) in [6.07, 6.45) is -0.838. The van der Waals surface area contributed by atoms with E-state index in [9.17, 15) is 13.2 Å². The molecule has 36 heavy (non-hydrogen) atoms. The molecule has 192 valence electrons. The van der Waals surface area contributed by atoms with Crippen LogP contribution in [0, 0.1) is 13.8 Å². The molecule has 0 spiro atoms. The van der Waals surface area contributed by atoms with Crippen molar-refractivity contribution in [3.05, 3.63) is 53.0 Å². The molecule has 0 radical (unpaired) electrons. The Bertz CT molecular complexity index is 1370. The number of pyridine rings is 1. The lowest BCUT2D eigenvalue weighted by Gasteiger charge is -2.32. The number of likely N-dealkylation sites (tertiary alicyclic amines) is 1. The van der Waals surface area contributed by atoms with E-state index in [2.05, 4.69) is 72.0 Å². The van der Waals surface area contributed by atoms with Crippen LogP contribution in [0.2, 0.25) is 0 Å². The van der Waals surface area contributed by atoms with Gasteiger partial charge >= 0.3 is 6.18 Å². The number of alkyl halides is 3. The second-order valence-electron chi connectivity index (χ2n) is 10.6. The first kappa shape index (κ1) is 24.8. The topological polar surface area (TPSA) is 49.2 Å². The van der Waals surface area contributed by atoms with Crippen LogP contribution in [0.15, 0.2) is 30.6 Å². The van der Waals surface area contributed by atoms with Crippen LogP contribution in [-0.4, -0.2) is 50.3 Å². The van der Waals surface area contributed by atoms with Crippen molar-refractivity contribution < 1.29 is 13.2 Å². The van der Waals surface area contributed by atoms with Gasteiger partial charge in [0.1, 0.15) is 6.33 Å². The molecule has 0 saturated carbocycles. The summed E-state index contributed by atoms with van der Waals surface area (Å²) >= 11 is 0. The highest BCUT2D eigenvalue weighted by Gasteiger charge is 2.28. The normalized spacial score (nSPS) is 16.1. The minimum atomic E-state index is -4.06. The van der Waals surface area contributed by atoms with Gasteiger partial charge in [0.2, 0.25) is 0 Å². The molecule has 5 rings (SSSR count). The molecule has 0 atom stereocenters. The number of nitrogens with zero attached hydrogens (tertiary/aromatic N) is 4. The van der Waals surface area contributed by atoms with Gasteiger partial charge in [0, 0.05) is 28.6 Å². The van der Waals surface area contributed by atoms with Gasteiger partial charge in [0.25, 0.3) is 0 Å². The SMILES string of the molecule is Cc1cc(-c2[nH]c3ccc(C4CCN(CCCC(F)(F)F)CC4)cc3c2C(C)C)c(C)n2cnnc12. The molecule has 1 saturated heterocycles. The summed E-state index contributed by atoms with van der Waals surface area (Å²) in [5.74, 6) is 0.764. The summed E-state index contributed by atoms with van der Waals surface area (Å²) in [4.78, 5) is 5.89. The smallest absolute Gasteiger partial charge is 0.354 e. The van der Waals surface area contributed by atoms with Gasteiger partial charge in [-0.25, -0.2) is 0 Å². The Morgan fingerprint density at radius 2 is 1.86 bits per heavy atom. The fraction of sp³-hybridized carbons (Fsp3) is 0.500. The number of nitrogens with one attached hydrogen (secondary N) is 1. The predicted octanol–water partition coefficient (Wildman–Crippen LogP) is 7.14. The van der Waals surface area contributed by atoms with Crippen molar-refractivity contribution in [1.29, 1.82) is 0 Å². The molecule has 0 aliphatic carbocycles. The Hall–Kier alpha value is -2.87. The highest BCUT2D eigenvalue weighted by molar-refractivity contribution is 5.92. The van der Waals surface area contributed by atoms with Crippen molar-refractivity contribution in [2.24, 2.45) is 0 Å². The lowest BCUT2D eigenvalue weighted by Crippen LogP contribution is -2.34. The molecule has 0 unspecified atom stereocenters. The number of fused-ring (bicyclic) bond motifs is 2. The molecule has 1 aromatic carbocycles. The van der Waals surface area contributed by atoms with E-state index < -0.39 is 12.6 Å². The molecule has 1 N–H and O–H groups in total. The molecule has 4 heterocycles. The van der Waals surface area contributed by atoms with Gasteiger partial charge in [0.15, 0.2) is 5.65 Å². The maximum atomic E-state index is 12.5. The van der Waals surface area contributed by atoms with Crippen LogP contribution in [0.1, 0.15) is 73.8 Å². The number of rotatable bonds is 6. The Labute approximate surface area is 209 Å². The van der Waals surface area contributed by atoms with E-state index in [0.717, 1.165) is 59.6 Å². The summed E-state index contributed by atoms with van der Waals surface area (Å²) in [5.41, 5.74) is 9.14. The fourth-order valence-corrected chi connectivity index (χ4v) is 5.81. The number of aromatic nitrogens is 4. The predicted molar refractivity (Wildman–Crippen MR) is 138 cm³/mol. The highest BCUT2D eigenvalue weighted by Crippen LogP contribution is 2.39. The second-order valence-corrected chi connectivity index (χ2v) is 10.6. The average Bonchev–Trinajstić information content (AvgIpc) is 3.46. The van der Waals surface area contributed by atoms with Crippen LogP contribution < -0.4 is 0 Å². The van der Waals surface area contributed by atoms with Crippen molar-refractivity contribution in [2.45, 2.75) is 71.4 Å². The monoisotopic (exact) mass is 497 g/mol. The fourth-order valence-electron chi connectivity index (χ4n) is 5.81. The van der Waals surface area contributed by atoms with Crippen LogP contribution in [-0.2, 0) is 0 Å². The van der Waals surface area contributed by atoms with Crippen molar-refractivity contribution in [1.82, 2.24) is 24.5 Å². The Morgan fingerprint density at radius 3 is 2.56 bits per heavy atom. The summed E-state index contributed by atoms with van der Waals surface area (Å²) < 4.78 is 39.5. The Kier molecular flexibility index (Phi) is 6.57. The molecule has 0 amide bonds. The summed E-state index contributed by atoms with van der Waals surface area (Å²) in [5, 5.41) is 9.62. The molecular formula is C28H34F3N5. The first-order valence-corrected chi connectivity index (χ1v) is 12.9. The van der Waals surface area contributed by atoms with Gasteiger partial charge in [-0.1, -0.05) is 19.9 Å². The van der Waals surface area contributed by atoms with Crippen LogP contribution in [0.25, 0.3) is 27.8 Å². The van der Waals surface area contributed by atoms with Crippen molar-refractivity contribution in [3.63, 3.8) is 0 Å². The molecule has 1 aliphatic rings. The molecule has 3 aromatic heterocycles. The second kappa shape index (κ2) is 9.54. The zero-order valence-electron chi connectivity index (χ0n) is 21.4. The van der Waals surface area contributed by atoms with Gasteiger partial charge < -0.3 is 9.88 Å². The Morgan fingerprint density at radius 1 is 1.11 bits per heavy atom. The van der Waals surface area contributed by atoms with Crippen molar-refractivity contribution in [3.8, 4) is 11.3 Å². The van der Waals surface area contributed by atoms with Gasteiger partial charge in [0.05, 0.1) is 5.69 Å². The van der Waals surface area contributed by atoms with Crippen molar-refractivity contribution >= 4 is 16.6 Å². The standard InChI is InChI=1S/C28H34F3N5/c1-17(2)25-23-15-21(20-8-12-35(13-9-20)11-5-10-28(29,30)31)6-7-24(23)33-26(25)22-14-18(3)27-34-32-16-36(27)19(22)4/h6-7,14-17,20,33H,5,8-13H2,1-4H3. The lowest BCUT2D eigenvalue weighted by atomic mass is 9.87. The number of halogens is 3. The van der Waals surface area contributed by atoms with E-state index in [1.54, 1.807) is 6.33 Å². The highest BCUT2D eigenvalue weighted by atomic mass is 19.4. The van der Waals surface area contributed by atoms with Crippen LogP contribution >= 0.6 is 0 Å². The first-order chi connectivity index (χ1) is 17.1. The van der Waals surface area contributed by atoms with E-state index >= 15 is 0 Å². The Balaban J connectivity index is 1.42. The van der Waals surface area contributed by atoms with Gasteiger partial charge in [-0.3, -0.25) is 4.40 Å². The number of H-pyrrole nitrogens is 1. The first-order valence-electron chi connectivity index (χ1n) is 12.9. The van der Waals surface area contributed by atoms with E-state index in [1.807, 2.05) is 4.40 Å². The van der Waals surface area contributed by atoms with Crippen molar-refractivity contribution in [2.75, 3.05) is 19.6 Å². The third kappa shape index (κ3) is 4.75. The zero-order chi connectivity index (χ0) is 25.6. The van der Waals surface area contributed by atoms with Gasteiger partial charge in [-0.05, 0) is 99.5 Å². The van der Waals surface area contributed by atoms with Crippen LogP contribution in [0.3, 0.4) is 0 Å². The number of hydrogen-bond acceptors (Lipinski definition) is 3.